The minimum atomic E-state index is -0.487. The Morgan fingerprint density at radius 1 is 0.792 bits per heavy atom. The van der Waals surface area contributed by atoms with Crippen LogP contribution in [0.5, 0.6) is 0 Å². The van der Waals surface area contributed by atoms with Crippen LogP contribution in [0.2, 0.25) is 0 Å². The second kappa shape index (κ2) is 7.59. The van der Waals surface area contributed by atoms with Gasteiger partial charge < -0.3 is 4.74 Å². The van der Waals surface area contributed by atoms with E-state index >= 15 is 0 Å². The molecule has 2 unspecified atom stereocenters. The normalized spacial score (nSPS) is 13.0. The minimum Gasteiger partial charge on any atom is -0.351 e. The Balaban J connectivity index is 2.10. The molecule has 0 amide bonds. The highest BCUT2D eigenvalue weighted by atomic mass is 16.5. The molecule has 118 valence electrons. The van der Waals surface area contributed by atoms with Crippen molar-refractivity contribution < 1.29 is 4.74 Å². The molecule has 3 rings (SSSR count). The van der Waals surface area contributed by atoms with E-state index in [1.807, 2.05) is 60.7 Å². The maximum atomic E-state index is 9.19. The Hall–Kier alpha value is -2.89. The lowest BCUT2D eigenvalue weighted by Crippen LogP contribution is -2.14. The zero-order valence-electron chi connectivity index (χ0n) is 13.6. The van der Waals surface area contributed by atoms with Crippen molar-refractivity contribution in [3.05, 3.63) is 96.1 Å². The van der Waals surface area contributed by atoms with E-state index in [0.29, 0.717) is 0 Å². The van der Waals surface area contributed by atoms with Gasteiger partial charge in [0.05, 0.1) is 6.07 Å². The number of nitrogens with zero attached hydrogens (tertiary/aromatic N) is 1. The quantitative estimate of drug-likeness (QED) is 0.634. The van der Waals surface area contributed by atoms with Crippen LogP contribution >= 0.6 is 0 Å². The van der Waals surface area contributed by atoms with Gasteiger partial charge in [-0.05, 0) is 29.2 Å². The monoisotopic (exact) mass is 313 g/mol. The van der Waals surface area contributed by atoms with Crippen molar-refractivity contribution in [1.82, 2.24) is 0 Å². The number of rotatable bonds is 5. The van der Waals surface area contributed by atoms with Gasteiger partial charge in [-0.2, -0.15) is 5.26 Å². The first kappa shape index (κ1) is 16.0. The highest BCUT2D eigenvalue weighted by Gasteiger charge is 2.21. The van der Waals surface area contributed by atoms with Gasteiger partial charge in [0, 0.05) is 0 Å². The number of ether oxygens (including phenoxy) is 1. The minimum absolute atomic E-state index is 0.280. The van der Waals surface area contributed by atoms with Gasteiger partial charge in [-0.15, -0.1) is 0 Å². The van der Waals surface area contributed by atoms with Gasteiger partial charge in [0.15, 0.2) is 0 Å². The smallest absolute Gasteiger partial charge is 0.142 e. The van der Waals surface area contributed by atoms with Gasteiger partial charge in [0.2, 0.25) is 0 Å². The first-order valence-corrected chi connectivity index (χ1v) is 8.04. The molecule has 0 saturated heterocycles. The second-order valence-corrected chi connectivity index (χ2v) is 5.65. The molecular formula is C22H19NO. The lowest BCUT2D eigenvalue weighted by molar-refractivity contribution is 0.0512. The molecule has 0 N–H and O–H groups in total. The van der Waals surface area contributed by atoms with Crippen molar-refractivity contribution in [2.75, 3.05) is 0 Å². The molecule has 3 aromatic rings. The topological polar surface area (TPSA) is 33.0 Å². The Morgan fingerprint density at radius 3 is 2.04 bits per heavy atom. The maximum Gasteiger partial charge on any atom is 0.142 e. The van der Waals surface area contributed by atoms with E-state index in [0.717, 1.165) is 22.3 Å². The molecule has 0 saturated carbocycles. The van der Waals surface area contributed by atoms with Gasteiger partial charge in [-0.3, -0.25) is 0 Å². The van der Waals surface area contributed by atoms with Gasteiger partial charge in [-0.25, -0.2) is 0 Å². The summed E-state index contributed by atoms with van der Waals surface area (Å²) in [5.74, 6) is 0. The third kappa shape index (κ3) is 3.53. The van der Waals surface area contributed by atoms with Crippen LogP contribution in [-0.4, -0.2) is 6.10 Å². The summed E-state index contributed by atoms with van der Waals surface area (Å²) in [5.41, 5.74) is 4.37. The summed E-state index contributed by atoms with van der Waals surface area (Å²) < 4.78 is 6.07. The fourth-order valence-corrected chi connectivity index (χ4v) is 2.80. The van der Waals surface area contributed by atoms with Crippen molar-refractivity contribution in [2.45, 2.75) is 19.1 Å². The summed E-state index contributed by atoms with van der Waals surface area (Å²) in [6.07, 6.45) is -0.767. The highest BCUT2D eigenvalue weighted by molar-refractivity contribution is 5.68. The first-order valence-electron chi connectivity index (χ1n) is 8.04. The lowest BCUT2D eigenvalue weighted by Gasteiger charge is -2.23. The Bertz CT molecular complexity index is 821. The number of nitriles is 1. The molecule has 0 aromatic heterocycles. The maximum absolute atomic E-state index is 9.19. The molecule has 3 aromatic carbocycles. The fraction of sp³-hybridized carbons (Fsp3) is 0.136. The number of hydrogen-bond acceptors (Lipinski definition) is 2. The van der Waals surface area contributed by atoms with Gasteiger partial charge in [-0.1, -0.05) is 84.9 Å². The van der Waals surface area contributed by atoms with Crippen molar-refractivity contribution in [3.63, 3.8) is 0 Å². The Labute approximate surface area is 143 Å². The van der Waals surface area contributed by atoms with Crippen molar-refractivity contribution in [2.24, 2.45) is 0 Å². The van der Waals surface area contributed by atoms with Crippen LogP contribution in [0.1, 0.15) is 24.2 Å². The van der Waals surface area contributed by atoms with Crippen LogP contribution in [0.3, 0.4) is 0 Å². The summed E-state index contributed by atoms with van der Waals surface area (Å²) in [6.45, 7) is 1.78. The van der Waals surface area contributed by atoms with Crippen LogP contribution in [0.4, 0.5) is 0 Å². The Kier molecular flexibility index (Phi) is 5.05. The number of benzene rings is 3. The molecule has 2 heteroatoms. The van der Waals surface area contributed by atoms with E-state index in [-0.39, 0.29) is 6.10 Å². The van der Waals surface area contributed by atoms with E-state index in [9.17, 15) is 5.26 Å². The van der Waals surface area contributed by atoms with E-state index in [4.69, 9.17) is 4.74 Å². The molecule has 0 aliphatic carbocycles. The zero-order chi connectivity index (χ0) is 16.8. The molecule has 0 aliphatic heterocycles. The average Bonchev–Trinajstić information content (AvgIpc) is 2.67. The van der Waals surface area contributed by atoms with Crippen molar-refractivity contribution in [1.29, 1.82) is 5.26 Å². The van der Waals surface area contributed by atoms with Crippen molar-refractivity contribution in [3.8, 4) is 17.2 Å². The van der Waals surface area contributed by atoms with Gasteiger partial charge >= 0.3 is 0 Å². The second-order valence-electron chi connectivity index (χ2n) is 5.65. The van der Waals surface area contributed by atoms with E-state index < -0.39 is 6.10 Å². The highest BCUT2D eigenvalue weighted by Crippen LogP contribution is 2.34. The fourth-order valence-electron chi connectivity index (χ4n) is 2.80. The summed E-state index contributed by atoms with van der Waals surface area (Å²) >= 11 is 0. The van der Waals surface area contributed by atoms with Crippen molar-refractivity contribution >= 4 is 0 Å². The van der Waals surface area contributed by atoms with Crippen LogP contribution in [0.15, 0.2) is 84.9 Å². The molecule has 0 bridgehead atoms. The van der Waals surface area contributed by atoms with E-state index in [1.54, 1.807) is 6.92 Å². The Morgan fingerprint density at radius 2 is 1.38 bits per heavy atom. The lowest BCUT2D eigenvalue weighted by atomic mass is 9.92. The predicted molar refractivity (Wildman–Crippen MR) is 96.3 cm³/mol. The summed E-state index contributed by atoms with van der Waals surface area (Å²) in [7, 11) is 0. The molecule has 2 atom stereocenters. The SMILES string of the molecule is CC(C#N)OC(c1ccccc1)c1ccccc1-c1ccccc1. The molecule has 0 radical (unpaired) electrons. The first-order chi connectivity index (χ1) is 11.8. The van der Waals surface area contributed by atoms with E-state index in [1.165, 1.54) is 0 Å². The van der Waals surface area contributed by atoms with Crippen LogP contribution in [0, 0.1) is 11.3 Å². The third-order valence-corrected chi connectivity index (χ3v) is 3.95. The van der Waals surface area contributed by atoms with Crippen LogP contribution in [0.25, 0.3) is 11.1 Å². The van der Waals surface area contributed by atoms with Crippen LogP contribution < -0.4 is 0 Å². The number of hydrogen-bond donors (Lipinski definition) is 0. The predicted octanol–water partition coefficient (Wildman–Crippen LogP) is 5.37. The largest absolute Gasteiger partial charge is 0.351 e. The van der Waals surface area contributed by atoms with E-state index in [2.05, 4.69) is 30.3 Å². The molecule has 2 nitrogen and oxygen atoms in total. The standard InChI is InChI=1S/C22H19NO/c1-17(16-23)24-22(19-12-6-3-7-13-19)21-15-9-8-14-20(21)18-10-4-2-5-11-18/h2-15,17,22H,1H3. The molecular weight excluding hydrogens is 294 g/mol. The molecule has 0 aliphatic rings. The van der Waals surface area contributed by atoms with Crippen LogP contribution in [-0.2, 0) is 4.74 Å². The molecule has 0 spiro atoms. The molecule has 24 heavy (non-hydrogen) atoms. The van der Waals surface area contributed by atoms with Gasteiger partial charge in [0.25, 0.3) is 0 Å². The summed E-state index contributed by atoms with van der Waals surface area (Å²) in [5, 5.41) is 9.19. The van der Waals surface area contributed by atoms with Gasteiger partial charge in [0.1, 0.15) is 12.2 Å². The summed E-state index contributed by atoms with van der Waals surface area (Å²) in [6, 6.07) is 30.7. The molecule has 0 fully saturated rings. The third-order valence-electron chi connectivity index (χ3n) is 3.95. The zero-order valence-corrected chi connectivity index (χ0v) is 13.6. The average molecular weight is 313 g/mol. The molecule has 0 heterocycles. The summed E-state index contributed by atoms with van der Waals surface area (Å²) in [4.78, 5) is 0.